The fourth-order valence-corrected chi connectivity index (χ4v) is 1.77. The van der Waals surface area contributed by atoms with Gasteiger partial charge in [0.1, 0.15) is 0 Å². The van der Waals surface area contributed by atoms with Crippen molar-refractivity contribution in [3.63, 3.8) is 0 Å². The Labute approximate surface area is 144 Å². The highest BCUT2D eigenvalue weighted by Gasteiger charge is 2.11. The number of ether oxygens (including phenoxy) is 2. The van der Waals surface area contributed by atoms with Crippen LogP contribution in [0.25, 0.3) is 0 Å². The van der Waals surface area contributed by atoms with E-state index in [9.17, 15) is 14.4 Å². The predicted octanol–water partition coefficient (Wildman–Crippen LogP) is 2.26. The molecule has 0 radical (unpaired) electrons. The molecule has 0 bridgehead atoms. The van der Waals surface area contributed by atoms with Gasteiger partial charge in [0.25, 0.3) is 0 Å². The number of benzene rings is 1. The normalized spacial score (nSPS) is 9.67. The number of carbonyl (C=O) groups excluding carboxylic acids is 3. The summed E-state index contributed by atoms with van der Waals surface area (Å²) in [4.78, 5) is 33.4. The van der Waals surface area contributed by atoms with Gasteiger partial charge in [-0.15, -0.1) is 0 Å². The molecule has 1 aromatic carbocycles. The Morgan fingerprint density at radius 3 is 2.46 bits per heavy atom. The zero-order valence-electron chi connectivity index (χ0n) is 13.3. The SMILES string of the molecule is COC(=O)NC(=S)Nc1cc(NC(=O)OC(C)C)ccc1NC=O. The van der Waals surface area contributed by atoms with Gasteiger partial charge >= 0.3 is 12.2 Å². The number of thiocarbonyl (C=S) groups is 1. The molecule has 0 heterocycles. The lowest BCUT2D eigenvalue weighted by Gasteiger charge is -2.15. The quantitative estimate of drug-likeness (QED) is 0.473. The van der Waals surface area contributed by atoms with Gasteiger partial charge in [0, 0.05) is 5.69 Å². The van der Waals surface area contributed by atoms with E-state index in [0.717, 1.165) is 0 Å². The van der Waals surface area contributed by atoms with Gasteiger partial charge in [0.15, 0.2) is 5.11 Å². The molecule has 0 spiro atoms. The molecule has 0 atom stereocenters. The topological polar surface area (TPSA) is 118 Å². The largest absolute Gasteiger partial charge is 0.453 e. The lowest BCUT2D eigenvalue weighted by atomic mass is 10.2. The molecular weight excluding hydrogens is 336 g/mol. The van der Waals surface area contributed by atoms with E-state index in [-0.39, 0.29) is 11.2 Å². The van der Waals surface area contributed by atoms with Crippen LogP contribution in [0.15, 0.2) is 18.2 Å². The van der Waals surface area contributed by atoms with Crippen LogP contribution in [0.4, 0.5) is 26.7 Å². The lowest BCUT2D eigenvalue weighted by Crippen LogP contribution is -2.34. The fourth-order valence-electron chi connectivity index (χ4n) is 1.57. The zero-order chi connectivity index (χ0) is 18.1. The third kappa shape index (κ3) is 6.48. The first-order valence-corrected chi connectivity index (χ1v) is 7.24. The standard InChI is InChI=1S/C14H18N4O5S/c1-8(2)23-14(21)16-9-4-5-10(15-7-19)11(6-9)17-12(24)18-13(20)22-3/h4-8H,1-3H3,(H,15,19)(H,16,21)(H2,17,18,20,24). The third-order valence-corrected chi connectivity index (χ3v) is 2.68. The molecule has 4 N–H and O–H groups in total. The summed E-state index contributed by atoms with van der Waals surface area (Å²) in [5.41, 5.74) is 1.15. The maximum absolute atomic E-state index is 11.6. The smallest absolute Gasteiger partial charge is 0.413 e. The predicted molar refractivity (Wildman–Crippen MR) is 93.1 cm³/mol. The Bertz CT molecular complexity index is 636. The Balaban J connectivity index is 2.91. The molecule has 1 rings (SSSR count). The maximum atomic E-state index is 11.6. The Morgan fingerprint density at radius 1 is 1.17 bits per heavy atom. The van der Waals surface area contributed by atoms with Crippen LogP contribution in [0.5, 0.6) is 0 Å². The minimum absolute atomic E-state index is 0.0438. The van der Waals surface area contributed by atoms with Gasteiger partial charge in [-0.05, 0) is 44.3 Å². The van der Waals surface area contributed by atoms with Gasteiger partial charge in [0.2, 0.25) is 6.41 Å². The van der Waals surface area contributed by atoms with Gasteiger partial charge in [0.05, 0.1) is 24.6 Å². The number of alkyl carbamates (subject to hydrolysis) is 1. The summed E-state index contributed by atoms with van der Waals surface area (Å²) in [6.07, 6.45) is -1.15. The summed E-state index contributed by atoms with van der Waals surface area (Å²) < 4.78 is 9.41. The first-order chi connectivity index (χ1) is 11.3. The van der Waals surface area contributed by atoms with Crippen molar-refractivity contribution in [2.75, 3.05) is 23.1 Å². The number of nitrogens with one attached hydrogen (secondary N) is 4. The summed E-state index contributed by atoms with van der Waals surface area (Å²) in [5.74, 6) is 0. The first-order valence-electron chi connectivity index (χ1n) is 6.83. The minimum Gasteiger partial charge on any atom is -0.453 e. The number of rotatable bonds is 5. The number of hydrogen-bond donors (Lipinski definition) is 4. The molecular formula is C14H18N4O5S. The molecule has 0 aliphatic heterocycles. The lowest BCUT2D eigenvalue weighted by molar-refractivity contribution is -0.105. The minimum atomic E-state index is -0.743. The number of hydrogen-bond acceptors (Lipinski definition) is 6. The number of anilines is 3. The van der Waals surface area contributed by atoms with E-state index in [0.29, 0.717) is 23.5 Å². The summed E-state index contributed by atoms with van der Waals surface area (Å²) in [5, 5.41) is 9.95. The van der Waals surface area contributed by atoms with Crippen molar-refractivity contribution in [2.45, 2.75) is 20.0 Å². The molecule has 0 saturated carbocycles. The molecule has 0 aliphatic rings. The van der Waals surface area contributed by atoms with Crippen molar-refractivity contribution in [1.29, 1.82) is 0 Å². The van der Waals surface area contributed by atoms with E-state index in [1.165, 1.54) is 13.2 Å². The van der Waals surface area contributed by atoms with E-state index in [4.69, 9.17) is 17.0 Å². The highest BCUT2D eigenvalue weighted by Crippen LogP contribution is 2.25. The van der Waals surface area contributed by atoms with E-state index in [1.807, 2.05) is 0 Å². The summed E-state index contributed by atoms with van der Waals surface area (Å²) in [6.45, 7) is 3.45. The molecule has 0 saturated heterocycles. The van der Waals surface area contributed by atoms with E-state index in [2.05, 4.69) is 26.0 Å². The van der Waals surface area contributed by atoms with Crippen LogP contribution in [0, 0.1) is 0 Å². The van der Waals surface area contributed by atoms with Crippen LogP contribution >= 0.6 is 12.2 Å². The molecule has 0 aliphatic carbocycles. The van der Waals surface area contributed by atoms with Crippen LogP contribution in [0.3, 0.4) is 0 Å². The highest BCUT2D eigenvalue weighted by molar-refractivity contribution is 7.80. The maximum Gasteiger partial charge on any atom is 0.413 e. The van der Waals surface area contributed by atoms with E-state index < -0.39 is 12.2 Å². The van der Waals surface area contributed by atoms with Gasteiger partial charge in [-0.25, -0.2) is 9.59 Å². The number of carbonyl (C=O) groups is 3. The third-order valence-electron chi connectivity index (χ3n) is 2.47. The average molecular weight is 354 g/mol. The van der Waals surface area contributed by atoms with Gasteiger partial charge in [-0.2, -0.15) is 0 Å². The second-order valence-corrected chi connectivity index (χ2v) is 5.08. The molecule has 10 heteroatoms. The molecule has 9 nitrogen and oxygen atoms in total. The molecule has 0 unspecified atom stereocenters. The summed E-state index contributed by atoms with van der Waals surface area (Å²) in [7, 11) is 1.20. The molecule has 130 valence electrons. The average Bonchev–Trinajstić information content (AvgIpc) is 2.48. The first kappa shape index (κ1) is 19.2. The van der Waals surface area contributed by atoms with Gasteiger partial charge < -0.3 is 20.1 Å². The van der Waals surface area contributed by atoms with Crippen LogP contribution in [-0.4, -0.2) is 36.9 Å². The molecule has 0 aromatic heterocycles. The van der Waals surface area contributed by atoms with Crippen molar-refractivity contribution in [3.05, 3.63) is 18.2 Å². The Kier molecular flexibility index (Phi) is 7.43. The molecule has 0 fully saturated rings. The van der Waals surface area contributed by atoms with Crippen LogP contribution in [0.1, 0.15) is 13.8 Å². The highest BCUT2D eigenvalue weighted by atomic mass is 32.1. The number of amides is 3. The molecule has 24 heavy (non-hydrogen) atoms. The molecule has 3 amide bonds. The summed E-state index contributed by atoms with van der Waals surface area (Å²) >= 11 is 4.96. The van der Waals surface area contributed by atoms with Crippen molar-refractivity contribution < 1.29 is 23.9 Å². The van der Waals surface area contributed by atoms with E-state index >= 15 is 0 Å². The van der Waals surface area contributed by atoms with Crippen molar-refractivity contribution in [1.82, 2.24) is 5.32 Å². The Morgan fingerprint density at radius 2 is 1.88 bits per heavy atom. The monoisotopic (exact) mass is 354 g/mol. The van der Waals surface area contributed by atoms with Crippen molar-refractivity contribution >= 4 is 53.0 Å². The van der Waals surface area contributed by atoms with Crippen LogP contribution in [-0.2, 0) is 14.3 Å². The van der Waals surface area contributed by atoms with Gasteiger partial charge in [-0.3, -0.25) is 15.4 Å². The fraction of sp³-hybridized carbons (Fsp3) is 0.286. The second-order valence-electron chi connectivity index (χ2n) is 4.67. The van der Waals surface area contributed by atoms with Crippen LogP contribution in [0.2, 0.25) is 0 Å². The Hall–Kier alpha value is -2.88. The second kappa shape index (κ2) is 9.30. The van der Waals surface area contributed by atoms with Crippen molar-refractivity contribution in [2.24, 2.45) is 0 Å². The summed E-state index contributed by atoms with van der Waals surface area (Å²) in [6, 6.07) is 4.62. The van der Waals surface area contributed by atoms with Gasteiger partial charge in [-0.1, -0.05) is 0 Å². The zero-order valence-corrected chi connectivity index (χ0v) is 14.2. The van der Waals surface area contributed by atoms with Crippen molar-refractivity contribution in [3.8, 4) is 0 Å². The van der Waals surface area contributed by atoms with Crippen LogP contribution < -0.4 is 21.3 Å². The van der Waals surface area contributed by atoms with E-state index in [1.54, 1.807) is 26.0 Å². The molecule has 1 aromatic rings. The number of methoxy groups -OCH3 is 1.